The van der Waals surface area contributed by atoms with Crippen LogP contribution < -0.4 is 5.32 Å². The number of nitrogens with one attached hydrogen (secondary N) is 1. The number of rotatable bonds is 7. The van der Waals surface area contributed by atoms with E-state index in [9.17, 15) is 8.78 Å². The van der Waals surface area contributed by atoms with Crippen molar-refractivity contribution in [2.45, 2.75) is 50.7 Å². The van der Waals surface area contributed by atoms with E-state index < -0.39 is 11.6 Å². The van der Waals surface area contributed by atoms with Gasteiger partial charge in [0.2, 0.25) is 0 Å². The van der Waals surface area contributed by atoms with Crippen LogP contribution >= 0.6 is 0 Å². The number of methoxy groups -OCH3 is 1. The summed E-state index contributed by atoms with van der Waals surface area (Å²) in [5.74, 6) is -0.947. The minimum Gasteiger partial charge on any atom is -0.377 e. The molecule has 1 aliphatic carbocycles. The molecule has 1 aromatic rings. The molecule has 0 spiro atoms. The van der Waals surface area contributed by atoms with Crippen LogP contribution in [0.2, 0.25) is 0 Å². The topological polar surface area (TPSA) is 21.3 Å². The summed E-state index contributed by atoms with van der Waals surface area (Å²) in [7, 11) is 1.69. The van der Waals surface area contributed by atoms with Gasteiger partial charge < -0.3 is 10.1 Å². The van der Waals surface area contributed by atoms with Crippen LogP contribution in [0.15, 0.2) is 18.2 Å². The van der Waals surface area contributed by atoms with Gasteiger partial charge in [-0.05, 0) is 50.8 Å². The third-order valence-corrected chi connectivity index (χ3v) is 4.35. The zero-order valence-corrected chi connectivity index (χ0v) is 12.2. The lowest BCUT2D eigenvalue weighted by molar-refractivity contribution is -0.0983. The molecule has 1 unspecified atom stereocenters. The van der Waals surface area contributed by atoms with Gasteiger partial charge in [-0.3, -0.25) is 0 Å². The molecule has 4 heteroatoms. The third-order valence-electron chi connectivity index (χ3n) is 4.35. The molecule has 1 saturated carbocycles. The molecule has 2 nitrogen and oxygen atoms in total. The molecule has 2 rings (SSSR count). The zero-order valence-electron chi connectivity index (χ0n) is 12.2. The fraction of sp³-hybridized carbons (Fsp3) is 0.625. The number of ether oxygens (including phenoxy) is 1. The van der Waals surface area contributed by atoms with E-state index in [-0.39, 0.29) is 17.2 Å². The van der Waals surface area contributed by atoms with Crippen LogP contribution in [0.5, 0.6) is 0 Å². The first-order valence-corrected chi connectivity index (χ1v) is 7.34. The molecule has 0 saturated heterocycles. The van der Waals surface area contributed by atoms with E-state index in [1.165, 1.54) is 18.2 Å². The lowest BCUT2D eigenvalue weighted by Crippen LogP contribution is -2.57. The first-order valence-electron chi connectivity index (χ1n) is 7.34. The van der Waals surface area contributed by atoms with Crippen molar-refractivity contribution in [1.29, 1.82) is 0 Å². The predicted molar refractivity (Wildman–Crippen MR) is 75.7 cm³/mol. The lowest BCUT2D eigenvalue weighted by atomic mass is 9.72. The van der Waals surface area contributed by atoms with E-state index in [0.29, 0.717) is 6.42 Å². The first kappa shape index (κ1) is 15.4. The van der Waals surface area contributed by atoms with Gasteiger partial charge in [0.25, 0.3) is 0 Å². The van der Waals surface area contributed by atoms with Gasteiger partial charge in [-0.1, -0.05) is 13.0 Å². The maximum Gasteiger partial charge on any atom is 0.129 e. The predicted octanol–water partition coefficient (Wildman–Crippen LogP) is 3.44. The van der Waals surface area contributed by atoms with Crippen LogP contribution in [0.1, 0.15) is 38.2 Å². The molecule has 0 amide bonds. The highest BCUT2D eigenvalue weighted by atomic mass is 19.1. The van der Waals surface area contributed by atoms with Gasteiger partial charge in [0.15, 0.2) is 0 Å². The van der Waals surface area contributed by atoms with Gasteiger partial charge in [-0.25, -0.2) is 8.78 Å². The molecule has 1 aliphatic rings. The van der Waals surface area contributed by atoms with Crippen LogP contribution in [0.25, 0.3) is 0 Å². The Bertz CT molecular complexity index is 420. The van der Waals surface area contributed by atoms with Crippen molar-refractivity contribution >= 4 is 0 Å². The summed E-state index contributed by atoms with van der Waals surface area (Å²) in [6, 6.07) is 3.98. The normalized spacial score (nSPS) is 18.6. The average molecular weight is 283 g/mol. The van der Waals surface area contributed by atoms with Crippen molar-refractivity contribution in [2.75, 3.05) is 13.7 Å². The molecule has 1 aromatic carbocycles. The Morgan fingerprint density at radius 2 is 1.95 bits per heavy atom. The number of halogens is 2. The Morgan fingerprint density at radius 1 is 1.30 bits per heavy atom. The van der Waals surface area contributed by atoms with Crippen molar-refractivity contribution in [3.63, 3.8) is 0 Å². The van der Waals surface area contributed by atoms with E-state index in [2.05, 4.69) is 12.2 Å². The molecular formula is C16H23F2NO. The van der Waals surface area contributed by atoms with Crippen molar-refractivity contribution in [3.8, 4) is 0 Å². The molecule has 0 radical (unpaired) electrons. The molecule has 1 N–H and O–H groups in total. The van der Waals surface area contributed by atoms with Crippen molar-refractivity contribution < 1.29 is 13.5 Å². The maximum atomic E-state index is 13.8. The smallest absolute Gasteiger partial charge is 0.129 e. The van der Waals surface area contributed by atoms with E-state index in [1.807, 2.05) is 0 Å². The minimum atomic E-state index is -0.473. The Morgan fingerprint density at radius 3 is 2.40 bits per heavy atom. The van der Waals surface area contributed by atoms with Crippen LogP contribution in [-0.4, -0.2) is 25.3 Å². The second-order valence-corrected chi connectivity index (χ2v) is 5.53. The van der Waals surface area contributed by atoms with Gasteiger partial charge in [-0.2, -0.15) is 0 Å². The van der Waals surface area contributed by atoms with Crippen LogP contribution in [0.4, 0.5) is 8.78 Å². The minimum absolute atomic E-state index is 0.0485. The molecule has 0 heterocycles. The average Bonchev–Trinajstić information content (AvgIpc) is 2.38. The largest absolute Gasteiger partial charge is 0.377 e. The summed E-state index contributed by atoms with van der Waals surface area (Å²) >= 11 is 0. The summed E-state index contributed by atoms with van der Waals surface area (Å²) in [4.78, 5) is 0. The lowest BCUT2D eigenvalue weighted by Gasteiger charge is -2.47. The molecule has 0 aromatic heterocycles. The van der Waals surface area contributed by atoms with Gasteiger partial charge >= 0.3 is 0 Å². The Hall–Kier alpha value is -1.00. The molecular weight excluding hydrogens is 260 g/mol. The molecule has 20 heavy (non-hydrogen) atoms. The molecule has 0 aliphatic heterocycles. The zero-order chi connectivity index (χ0) is 14.6. The van der Waals surface area contributed by atoms with Crippen molar-refractivity contribution in [2.24, 2.45) is 0 Å². The Kier molecular flexibility index (Phi) is 5.11. The van der Waals surface area contributed by atoms with E-state index >= 15 is 0 Å². The Labute approximate surface area is 119 Å². The highest BCUT2D eigenvalue weighted by Crippen LogP contribution is 2.39. The summed E-state index contributed by atoms with van der Waals surface area (Å²) < 4.78 is 33.4. The van der Waals surface area contributed by atoms with Crippen LogP contribution in [0, 0.1) is 11.6 Å². The summed E-state index contributed by atoms with van der Waals surface area (Å²) in [6.45, 7) is 2.90. The molecule has 0 bridgehead atoms. The van der Waals surface area contributed by atoms with Gasteiger partial charge in [0, 0.05) is 18.7 Å². The number of hydrogen-bond acceptors (Lipinski definition) is 2. The number of hydrogen-bond donors (Lipinski definition) is 1. The van der Waals surface area contributed by atoms with Gasteiger partial charge in [0.1, 0.15) is 11.6 Å². The van der Waals surface area contributed by atoms with Crippen molar-refractivity contribution in [1.82, 2.24) is 5.32 Å². The highest BCUT2D eigenvalue weighted by molar-refractivity contribution is 5.22. The summed E-state index contributed by atoms with van der Waals surface area (Å²) in [5, 5.41) is 3.41. The summed E-state index contributed by atoms with van der Waals surface area (Å²) in [5.41, 5.74) is -0.117. The standard InChI is InChI=1S/C16H23F2NO/c1-3-10-19-15(16(20-2)8-5-9-16)11-12-13(17)6-4-7-14(12)18/h4,6-7,15,19H,3,5,8-11H2,1-2H3. The molecule has 1 fully saturated rings. The Balaban J connectivity index is 2.19. The molecule has 112 valence electrons. The highest BCUT2D eigenvalue weighted by Gasteiger charge is 2.44. The molecule has 1 atom stereocenters. The third kappa shape index (κ3) is 3.01. The quantitative estimate of drug-likeness (QED) is 0.827. The second kappa shape index (κ2) is 6.64. The first-order chi connectivity index (χ1) is 9.63. The van der Waals surface area contributed by atoms with E-state index in [4.69, 9.17) is 4.74 Å². The van der Waals surface area contributed by atoms with Gasteiger partial charge in [-0.15, -0.1) is 0 Å². The fourth-order valence-electron chi connectivity index (χ4n) is 2.91. The van der Waals surface area contributed by atoms with E-state index in [0.717, 1.165) is 32.2 Å². The SMILES string of the molecule is CCCNC(Cc1c(F)cccc1F)C1(OC)CCC1. The van der Waals surface area contributed by atoms with E-state index in [1.54, 1.807) is 7.11 Å². The maximum absolute atomic E-state index is 13.8. The van der Waals surface area contributed by atoms with Crippen molar-refractivity contribution in [3.05, 3.63) is 35.4 Å². The van der Waals surface area contributed by atoms with Crippen LogP contribution in [0.3, 0.4) is 0 Å². The van der Waals surface area contributed by atoms with Crippen LogP contribution in [-0.2, 0) is 11.2 Å². The summed E-state index contributed by atoms with van der Waals surface area (Å²) in [6.07, 6.45) is 4.31. The number of benzene rings is 1. The monoisotopic (exact) mass is 283 g/mol. The second-order valence-electron chi connectivity index (χ2n) is 5.53. The fourth-order valence-corrected chi connectivity index (χ4v) is 2.91. The van der Waals surface area contributed by atoms with Gasteiger partial charge in [0.05, 0.1) is 5.60 Å².